The van der Waals surface area contributed by atoms with Crippen LogP contribution in [0.25, 0.3) is 0 Å². The van der Waals surface area contributed by atoms with Gasteiger partial charge in [-0.25, -0.2) is 0 Å². The molecule has 0 amide bonds. The topological polar surface area (TPSA) is 81.5 Å². The molecule has 1 aromatic rings. The first-order chi connectivity index (χ1) is 6.19. The molecule has 0 aliphatic heterocycles. The van der Waals surface area contributed by atoms with Crippen molar-refractivity contribution in [2.75, 3.05) is 19.5 Å². The highest BCUT2D eigenvalue weighted by atomic mass is 16.5. The molecule has 1 atom stereocenters. The van der Waals surface area contributed by atoms with Gasteiger partial charge in [-0.05, 0) is 18.2 Å². The molecule has 4 nitrogen and oxygen atoms in total. The lowest BCUT2D eigenvalue weighted by Gasteiger charge is -2.13. The quantitative estimate of drug-likeness (QED) is 0.586. The monoisotopic (exact) mass is 182 g/mol. The van der Waals surface area contributed by atoms with E-state index in [4.69, 9.17) is 21.3 Å². The van der Waals surface area contributed by atoms with Gasteiger partial charge >= 0.3 is 0 Å². The molecule has 1 aromatic carbocycles. The van der Waals surface area contributed by atoms with Gasteiger partial charge in [-0.15, -0.1) is 0 Å². The molecule has 13 heavy (non-hydrogen) atoms. The molecule has 0 aliphatic carbocycles. The molecule has 0 spiro atoms. The van der Waals surface area contributed by atoms with E-state index in [9.17, 15) is 0 Å². The van der Waals surface area contributed by atoms with Gasteiger partial charge in [0.25, 0.3) is 0 Å². The van der Waals surface area contributed by atoms with Crippen molar-refractivity contribution in [3.63, 3.8) is 0 Å². The number of hydrogen-bond donors (Lipinski definition) is 3. The Morgan fingerprint density at radius 2 is 2.23 bits per heavy atom. The molecule has 72 valence electrons. The van der Waals surface area contributed by atoms with Crippen molar-refractivity contribution in [1.82, 2.24) is 0 Å². The van der Waals surface area contributed by atoms with Crippen molar-refractivity contribution in [3.8, 4) is 5.75 Å². The van der Waals surface area contributed by atoms with E-state index < -0.39 is 6.04 Å². The highest BCUT2D eigenvalue weighted by Gasteiger charge is 2.10. The van der Waals surface area contributed by atoms with Crippen LogP contribution in [0.15, 0.2) is 18.2 Å². The fourth-order valence-corrected chi connectivity index (χ4v) is 1.14. The van der Waals surface area contributed by atoms with Crippen molar-refractivity contribution >= 4 is 5.69 Å². The lowest BCUT2D eigenvalue weighted by molar-refractivity contribution is 0.264. The first kappa shape index (κ1) is 9.83. The summed E-state index contributed by atoms with van der Waals surface area (Å²) in [6.07, 6.45) is 0. The Morgan fingerprint density at radius 1 is 1.54 bits per heavy atom. The van der Waals surface area contributed by atoms with Crippen LogP contribution in [0.1, 0.15) is 11.6 Å². The van der Waals surface area contributed by atoms with Gasteiger partial charge in [0.05, 0.1) is 19.8 Å². The fourth-order valence-electron chi connectivity index (χ4n) is 1.14. The standard InChI is InChI=1S/C9H14N2O2/c1-13-9-3-2-6(10)4-7(9)8(11)5-12/h2-4,8,12H,5,10-11H2,1H3/t8-/m1/s1. The Bertz CT molecular complexity index is 289. The third-order valence-corrected chi connectivity index (χ3v) is 1.85. The van der Waals surface area contributed by atoms with E-state index in [0.717, 1.165) is 5.56 Å². The minimum atomic E-state index is -0.446. The number of benzene rings is 1. The predicted molar refractivity (Wildman–Crippen MR) is 51.4 cm³/mol. The predicted octanol–water partition coefficient (Wildman–Crippen LogP) is 0.269. The SMILES string of the molecule is COc1ccc(N)cc1[C@H](N)CO. The number of rotatable bonds is 3. The normalized spacial score (nSPS) is 12.5. The molecule has 0 aromatic heterocycles. The van der Waals surface area contributed by atoms with E-state index in [1.807, 2.05) is 0 Å². The lowest BCUT2D eigenvalue weighted by atomic mass is 10.1. The summed E-state index contributed by atoms with van der Waals surface area (Å²) in [5.41, 5.74) is 12.6. The summed E-state index contributed by atoms with van der Waals surface area (Å²) in [4.78, 5) is 0. The van der Waals surface area contributed by atoms with Crippen molar-refractivity contribution in [1.29, 1.82) is 0 Å². The number of aliphatic hydroxyl groups excluding tert-OH is 1. The Hall–Kier alpha value is -1.26. The Labute approximate surface area is 77.1 Å². The Balaban J connectivity index is 3.07. The smallest absolute Gasteiger partial charge is 0.123 e. The van der Waals surface area contributed by atoms with Crippen molar-refractivity contribution in [2.45, 2.75) is 6.04 Å². The third-order valence-electron chi connectivity index (χ3n) is 1.85. The summed E-state index contributed by atoms with van der Waals surface area (Å²) in [7, 11) is 1.55. The van der Waals surface area contributed by atoms with E-state index in [1.54, 1.807) is 25.3 Å². The van der Waals surface area contributed by atoms with Crippen LogP contribution in [0.2, 0.25) is 0 Å². The van der Waals surface area contributed by atoms with Gasteiger partial charge in [-0.2, -0.15) is 0 Å². The summed E-state index contributed by atoms with van der Waals surface area (Å²) in [5, 5.41) is 8.88. The summed E-state index contributed by atoms with van der Waals surface area (Å²) in [6, 6.07) is 4.73. The van der Waals surface area contributed by atoms with Crippen LogP contribution in [-0.4, -0.2) is 18.8 Å². The van der Waals surface area contributed by atoms with Crippen LogP contribution < -0.4 is 16.2 Å². The fraction of sp³-hybridized carbons (Fsp3) is 0.333. The average molecular weight is 182 g/mol. The first-order valence-electron chi connectivity index (χ1n) is 3.99. The van der Waals surface area contributed by atoms with Gasteiger partial charge in [0.15, 0.2) is 0 Å². The molecular formula is C9H14N2O2. The zero-order chi connectivity index (χ0) is 9.84. The summed E-state index contributed by atoms with van der Waals surface area (Å²) in [6.45, 7) is -0.125. The maximum absolute atomic E-state index is 8.88. The van der Waals surface area contributed by atoms with E-state index >= 15 is 0 Å². The van der Waals surface area contributed by atoms with Gasteiger partial charge < -0.3 is 21.3 Å². The highest BCUT2D eigenvalue weighted by molar-refractivity contribution is 5.49. The van der Waals surface area contributed by atoms with Gasteiger partial charge in [0, 0.05) is 11.3 Å². The number of nitrogen functional groups attached to an aromatic ring is 1. The second kappa shape index (κ2) is 4.11. The number of methoxy groups -OCH3 is 1. The van der Waals surface area contributed by atoms with Crippen LogP contribution in [0.4, 0.5) is 5.69 Å². The molecule has 0 radical (unpaired) electrons. The average Bonchev–Trinajstić information content (AvgIpc) is 2.16. The van der Waals surface area contributed by atoms with Gasteiger partial charge in [-0.3, -0.25) is 0 Å². The zero-order valence-corrected chi connectivity index (χ0v) is 7.53. The first-order valence-corrected chi connectivity index (χ1v) is 3.99. The number of aliphatic hydroxyl groups is 1. The number of nitrogens with two attached hydrogens (primary N) is 2. The summed E-state index contributed by atoms with van der Waals surface area (Å²) >= 11 is 0. The Kier molecular flexibility index (Phi) is 3.11. The molecular weight excluding hydrogens is 168 g/mol. The van der Waals surface area contributed by atoms with Crippen molar-refractivity contribution in [2.24, 2.45) is 5.73 Å². The van der Waals surface area contributed by atoms with E-state index in [1.165, 1.54) is 0 Å². The molecule has 0 fully saturated rings. The highest BCUT2D eigenvalue weighted by Crippen LogP contribution is 2.25. The second-order valence-corrected chi connectivity index (χ2v) is 2.79. The molecule has 5 N–H and O–H groups in total. The van der Waals surface area contributed by atoms with Crippen LogP contribution in [0.5, 0.6) is 5.75 Å². The molecule has 4 heteroatoms. The van der Waals surface area contributed by atoms with E-state index in [2.05, 4.69) is 0 Å². The number of ether oxygens (including phenoxy) is 1. The molecule has 0 aliphatic rings. The largest absolute Gasteiger partial charge is 0.496 e. The van der Waals surface area contributed by atoms with Gasteiger partial charge in [0.1, 0.15) is 5.75 Å². The maximum atomic E-state index is 8.88. The molecule has 0 saturated carbocycles. The van der Waals surface area contributed by atoms with Crippen LogP contribution >= 0.6 is 0 Å². The summed E-state index contributed by atoms with van der Waals surface area (Å²) in [5.74, 6) is 0.649. The summed E-state index contributed by atoms with van der Waals surface area (Å²) < 4.78 is 5.08. The molecule has 0 heterocycles. The maximum Gasteiger partial charge on any atom is 0.123 e. The molecule has 0 bridgehead atoms. The molecule has 0 saturated heterocycles. The van der Waals surface area contributed by atoms with Crippen molar-refractivity contribution < 1.29 is 9.84 Å². The second-order valence-electron chi connectivity index (χ2n) is 2.79. The van der Waals surface area contributed by atoms with Crippen LogP contribution in [0.3, 0.4) is 0 Å². The van der Waals surface area contributed by atoms with Crippen LogP contribution in [0, 0.1) is 0 Å². The minimum absolute atomic E-state index is 0.125. The van der Waals surface area contributed by atoms with Crippen LogP contribution in [-0.2, 0) is 0 Å². The number of anilines is 1. The number of hydrogen-bond acceptors (Lipinski definition) is 4. The molecule has 1 rings (SSSR count). The minimum Gasteiger partial charge on any atom is -0.496 e. The van der Waals surface area contributed by atoms with Gasteiger partial charge in [-0.1, -0.05) is 0 Å². The molecule has 0 unspecified atom stereocenters. The van der Waals surface area contributed by atoms with Crippen molar-refractivity contribution in [3.05, 3.63) is 23.8 Å². The van der Waals surface area contributed by atoms with Gasteiger partial charge in [0.2, 0.25) is 0 Å². The third kappa shape index (κ3) is 2.11. The van der Waals surface area contributed by atoms with E-state index in [0.29, 0.717) is 11.4 Å². The van der Waals surface area contributed by atoms with E-state index in [-0.39, 0.29) is 6.61 Å². The lowest BCUT2D eigenvalue weighted by Crippen LogP contribution is -2.15. The zero-order valence-electron chi connectivity index (χ0n) is 7.53. The Morgan fingerprint density at radius 3 is 2.77 bits per heavy atom.